The fraction of sp³-hybridized carbons (Fsp3) is 0.222. The number of ether oxygens (including phenoxy) is 1. The van der Waals surface area contributed by atoms with Gasteiger partial charge in [-0.3, -0.25) is 14.7 Å². The number of thiazole rings is 1. The van der Waals surface area contributed by atoms with Gasteiger partial charge >= 0.3 is 5.97 Å². The van der Waals surface area contributed by atoms with Crippen LogP contribution in [0.1, 0.15) is 32.6 Å². The van der Waals surface area contributed by atoms with E-state index in [1.54, 1.807) is 32.2 Å². The zero-order valence-corrected chi connectivity index (χ0v) is 16.7. The smallest absolute Gasteiger partial charge is 0.350 e. The molecular weight excluding hydrogens is 384 g/mol. The van der Waals surface area contributed by atoms with Gasteiger partial charge in [0.1, 0.15) is 4.88 Å². The Kier molecular flexibility index (Phi) is 5.92. The molecule has 1 N–H and O–H groups in total. The first-order chi connectivity index (χ1) is 13.0. The maximum atomic E-state index is 12.6. The minimum atomic E-state index is -0.431. The molecule has 0 aliphatic heterocycles. The van der Waals surface area contributed by atoms with E-state index in [4.69, 9.17) is 4.74 Å². The summed E-state index contributed by atoms with van der Waals surface area (Å²) in [6, 6.07) is 7.22. The number of nitrogens with one attached hydrogen (secondary N) is 1. The predicted octanol–water partition coefficient (Wildman–Crippen LogP) is 3.79. The average Bonchev–Trinajstić information content (AvgIpc) is 3.28. The van der Waals surface area contributed by atoms with Gasteiger partial charge in [0.2, 0.25) is 0 Å². The number of benzene rings is 1. The molecule has 0 fully saturated rings. The summed E-state index contributed by atoms with van der Waals surface area (Å²) >= 11 is 2.63. The molecule has 27 heavy (non-hydrogen) atoms. The molecular formula is C18H18N4O3S2. The van der Waals surface area contributed by atoms with E-state index >= 15 is 0 Å². The second kappa shape index (κ2) is 8.36. The van der Waals surface area contributed by atoms with Crippen molar-refractivity contribution in [1.82, 2.24) is 14.5 Å². The highest BCUT2D eigenvalue weighted by molar-refractivity contribution is 7.98. The van der Waals surface area contributed by atoms with Gasteiger partial charge in [-0.1, -0.05) is 29.2 Å². The van der Waals surface area contributed by atoms with Crippen molar-refractivity contribution in [3.8, 4) is 5.69 Å². The highest BCUT2D eigenvalue weighted by Crippen LogP contribution is 2.24. The Labute approximate surface area is 164 Å². The van der Waals surface area contributed by atoms with Gasteiger partial charge < -0.3 is 4.74 Å². The first-order valence-corrected chi connectivity index (χ1v) is 10.2. The fourth-order valence-corrected chi connectivity index (χ4v) is 3.82. The summed E-state index contributed by atoms with van der Waals surface area (Å²) in [4.78, 5) is 33.4. The van der Waals surface area contributed by atoms with Crippen molar-refractivity contribution in [2.24, 2.45) is 0 Å². The van der Waals surface area contributed by atoms with Crippen LogP contribution >= 0.6 is 23.1 Å². The number of rotatable bonds is 6. The lowest BCUT2D eigenvalue weighted by molar-refractivity contribution is 0.0531. The monoisotopic (exact) mass is 402 g/mol. The second-order valence-electron chi connectivity index (χ2n) is 5.44. The summed E-state index contributed by atoms with van der Waals surface area (Å²) in [7, 11) is 0. The molecule has 2 heterocycles. The number of carbonyl (C=O) groups is 2. The molecule has 0 unspecified atom stereocenters. The molecule has 3 aromatic rings. The highest BCUT2D eigenvalue weighted by atomic mass is 32.2. The van der Waals surface area contributed by atoms with Crippen LogP contribution in [0.15, 0.2) is 41.8 Å². The highest BCUT2D eigenvalue weighted by Gasteiger charge is 2.18. The molecule has 1 aromatic carbocycles. The van der Waals surface area contributed by atoms with Gasteiger partial charge in [-0.05, 0) is 38.3 Å². The summed E-state index contributed by atoms with van der Waals surface area (Å²) < 4.78 is 6.91. The van der Waals surface area contributed by atoms with Crippen LogP contribution in [-0.4, -0.2) is 39.3 Å². The standard InChI is InChI=1S/C18H18N4O3S2/c1-4-25-16(24)14-11(2)20-17(27-14)21-15(23)12-6-5-7-13(10-12)22-9-8-19-18(22)26-3/h5-10H,4H2,1-3H3,(H,20,21,23). The molecule has 2 aromatic heterocycles. The molecule has 0 aliphatic carbocycles. The number of hydrogen-bond donors (Lipinski definition) is 1. The second-order valence-corrected chi connectivity index (χ2v) is 7.21. The van der Waals surface area contributed by atoms with Crippen LogP contribution in [0.5, 0.6) is 0 Å². The van der Waals surface area contributed by atoms with E-state index in [-0.39, 0.29) is 12.5 Å². The average molecular weight is 403 g/mol. The largest absolute Gasteiger partial charge is 0.462 e. The van der Waals surface area contributed by atoms with Gasteiger partial charge in [-0.25, -0.2) is 14.8 Å². The van der Waals surface area contributed by atoms with Crippen molar-refractivity contribution in [1.29, 1.82) is 0 Å². The Balaban J connectivity index is 1.80. The molecule has 9 heteroatoms. The van der Waals surface area contributed by atoms with E-state index in [0.717, 1.165) is 22.2 Å². The van der Waals surface area contributed by atoms with E-state index in [0.29, 0.717) is 21.3 Å². The van der Waals surface area contributed by atoms with Crippen LogP contribution in [0.2, 0.25) is 0 Å². The number of esters is 1. The Morgan fingerprint density at radius 1 is 1.37 bits per heavy atom. The maximum Gasteiger partial charge on any atom is 0.350 e. The number of aryl methyl sites for hydroxylation is 1. The number of amides is 1. The molecule has 0 saturated heterocycles. The van der Waals surface area contributed by atoms with Crippen molar-refractivity contribution >= 4 is 40.1 Å². The number of aromatic nitrogens is 3. The quantitative estimate of drug-likeness (QED) is 0.499. The number of anilines is 1. The predicted molar refractivity (Wildman–Crippen MR) is 106 cm³/mol. The Morgan fingerprint density at radius 2 is 2.19 bits per heavy atom. The molecule has 140 valence electrons. The topological polar surface area (TPSA) is 86.1 Å². The summed E-state index contributed by atoms with van der Waals surface area (Å²) in [5.41, 5.74) is 1.86. The Morgan fingerprint density at radius 3 is 2.93 bits per heavy atom. The van der Waals surface area contributed by atoms with Gasteiger partial charge in [0.15, 0.2) is 10.3 Å². The van der Waals surface area contributed by atoms with Crippen LogP contribution in [0.4, 0.5) is 5.13 Å². The van der Waals surface area contributed by atoms with Gasteiger partial charge in [-0.15, -0.1) is 0 Å². The summed E-state index contributed by atoms with van der Waals surface area (Å²) in [5.74, 6) is -0.730. The van der Waals surface area contributed by atoms with Crippen molar-refractivity contribution in [3.05, 3.63) is 52.8 Å². The van der Waals surface area contributed by atoms with E-state index in [9.17, 15) is 9.59 Å². The zero-order valence-electron chi connectivity index (χ0n) is 15.1. The van der Waals surface area contributed by atoms with Gasteiger partial charge in [-0.2, -0.15) is 0 Å². The van der Waals surface area contributed by atoms with Crippen LogP contribution in [-0.2, 0) is 4.74 Å². The number of thioether (sulfide) groups is 1. The van der Waals surface area contributed by atoms with E-state index in [2.05, 4.69) is 15.3 Å². The third kappa shape index (κ3) is 4.20. The van der Waals surface area contributed by atoms with E-state index < -0.39 is 5.97 Å². The number of hydrogen-bond acceptors (Lipinski definition) is 7. The minimum Gasteiger partial charge on any atom is -0.462 e. The third-order valence-corrected chi connectivity index (χ3v) is 5.37. The number of imidazole rings is 1. The SMILES string of the molecule is CCOC(=O)c1sc(NC(=O)c2cccc(-n3ccnc3SC)c2)nc1C. The normalized spacial score (nSPS) is 10.6. The molecule has 0 spiro atoms. The van der Waals surface area contributed by atoms with Crippen LogP contribution in [0, 0.1) is 6.92 Å². The Bertz CT molecular complexity index is 981. The fourth-order valence-electron chi connectivity index (χ4n) is 2.44. The van der Waals surface area contributed by atoms with Gasteiger partial charge in [0.25, 0.3) is 5.91 Å². The lowest BCUT2D eigenvalue weighted by Crippen LogP contribution is -2.12. The maximum absolute atomic E-state index is 12.6. The van der Waals surface area contributed by atoms with Gasteiger partial charge in [0.05, 0.1) is 12.3 Å². The first-order valence-electron chi connectivity index (χ1n) is 8.17. The summed E-state index contributed by atoms with van der Waals surface area (Å²) in [5, 5.41) is 3.94. The van der Waals surface area contributed by atoms with Crippen molar-refractivity contribution in [2.75, 3.05) is 18.2 Å². The van der Waals surface area contributed by atoms with Crippen LogP contribution in [0.3, 0.4) is 0 Å². The van der Waals surface area contributed by atoms with Crippen molar-refractivity contribution in [3.63, 3.8) is 0 Å². The third-order valence-electron chi connectivity index (χ3n) is 3.65. The molecule has 0 radical (unpaired) electrons. The molecule has 0 bridgehead atoms. The molecule has 0 atom stereocenters. The number of nitrogens with zero attached hydrogens (tertiary/aromatic N) is 3. The van der Waals surface area contributed by atoms with E-state index in [1.807, 2.05) is 29.2 Å². The first kappa shape index (κ1) is 19.1. The lowest BCUT2D eigenvalue weighted by atomic mass is 10.2. The van der Waals surface area contributed by atoms with E-state index in [1.165, 1.54) is 11.8 Å². The summed E-state index contributed by atoms with van der Waals surface area (Å²) in [6.07, 6.45) is 5.51. The molecule has 3 rings (SSSR count). The molecule has 0 aliphatic rings. The molecule has 1 amide bonds. The lowest BCUT2D eigenvalue weighted by Gasteiger charge is -2.08. The van der Waals surface area contributed by atoms with Gasteiger partial charge in [0, 0.05) is 23.6 Å². The molecule has 7 nitrogen and oxygen atoms in total. The zero-order chi connectivity index (χ0) is 19.4. The van der Waals surface area contributed by atoms with Crippen LogP contribution < -0.4 is 5.32 Å². The van der Waals surface area contributed by atoms with Crippen molar-refractivity contribution in [2.45, 2.75) is 19.0 Å². The summed E-state index contributed by atoms with van der Waals surface area (Å²) in [6.45, 7) is 3.74. The van der Waals surface area contributed by atoms with Crippen molar-refractivity contribution < 1.29 is 14.3 Å². The Hall–Kier alpha value is -2.65. The minimum absolute atomic E-state index is 0.289. The number of carbonyl (C=O) groups excluding carboxylic acids is 2. The van der Waals surface area contributed by atoms with Crippen LogP contribution in [0.25, 0.3) is 5.69 Å². The molecule has 0 saturated carbocycles.